The van der Waals surface area contributed by atoms with Crippen LogP contribution in [-0.4, -0.2) is 21.7 Å². The molecule has 0 aromatic heterocycles. The van der Waals surface area contributed by atoms with E-state index in [4.69, 9.17) is 17.0 Å². The Morgan fingerprint density at radius 3 is 2.69 bits per heavy atom. The van der Waals surface area contributed by atoms with Gasteiger partial charge in [0.25, 0.3) is 5.91 Å². The molecule has 0 unspecified atom stereocenters. The largest absolute Gasteiger partial charge is 0.488 e. The van der Waals surface area contributed by atoms with E-state index in [1.54, 1.807) is 4.90 Å². The summed E-state index contributed by atoms with van der Waals surface area (Å²) in [6.07, 6.45) is 3.96. The van der Waals surface area contributed by atoms with Crippen molar-refractivity contribution in [3.05, 3.63) is 82.3 Å². The Morgan fingerprint density at radius 1 is 1.15 bits per heavy atom. The van der Waals surface area contributed by atoms with E-state index in [1.807, 2.05) is 67.6 Å². The van der Waals surface area contributed by atoms with E-state index in [1.165, 1.54) is 11.8 Å². The van der Waals surface area contributed by atoms with Crippen LogP contribution in [0, 0.1) is 0 Å². The molecule has 0 bridgehead atoms. The number of rotatable bonds is 3. The molecule has 2 aromatic rings. The molecule has 0 saturated carbocycles. The van der Waals surface area contributed by atoms with Gasteiger partial charge in [-0.05, 0) is 36.3 Å². The lowest BCUT2D eigenvalue weighted by atomic mass is 10.1. The zero-order chi connectivity index (χ0) is 18.1. The lowest BCUT2D eigenvalue weighted by Gasteiger charge is -2.23. The molecule has 130 valence electrons. The van der Waals surface area contributed by atoms with Crippen LogP contribution in [0.25, 0.3) is 6.08 Å². The monoisotopic (exact) mass is 379 g/mol. The van der Waals surface area contributed by atoms with Crippen molar-refractivity contribution >= 4 is 40.3 Å². The summed E-state index contributed by atoms with van der Waals surface area (Å²) in [6, 6.07) is 17.7. The van der Waals surface area contributed by atoms with Crippen LogP contribution in [-0.2, 0) is 4.79 Å². The van der Waals surface area contributed by atoms with Crippen molar-refractivity contribution in [2.45, 2.75) is 13.0 Å². The van der Waals surface area contributed by atoms with Crippen LogP contribution < -0.4 is 4.74 Å². The Bertz CT molecular complexity index is 934. The van der Waals surface area contributed by atoms with Gasteiger partial charge in [-0.1, -0.05) is 72.5 Å². The number of nitrogens with zero attached hydrogens (tertiary/aromatic N) is 1. The summed E-state index contributed by atoms with van der Waals surface area (Å²) in [5.41, 5.74) is 3.06. The summed E-state index contributed by atoms with van der Waals surface area (Å²) in [7, 11) is 0. The second kappa shape index (κ2) is 7.09. The topological polar surface area (TPSA) is 29.5 Å². The smallest absolute Gasteiger partial charge is 0.266 e. The first-order valence-electron chi connectivity index (χ1n) is 8.38. The summed E-state index contributed by atoms with van der Waals surface area (Å²) in [4.78, 5) is 15.3. The maximum absolute atomic E-state index is 12.9. The molecule has 0 radical (unpaired) electrons. The van der Waals surface area contributed by atoms with Gasteiger partial charge in [-0.3, -0.25) is 9.69 Å². The van der Waals surface area contributed by atoms with Gasteiger partial charge in [0, 0.05) is 5.56 Å². The first-order valence-corrected chi connectivity index (χ1v) is 9.60. The highest BCUT2D eigenvalue weighted by atomic mass is 32.2. The van der Waals surface area contributed by atoms with Gasteiger partial charge in [-0.25, -0.2) is 0 Å². The predicted octanol–water partition coefficient (Wildman–Crippen LogP) is 4.97. The van der Waals surface area contributed by atoms with Gasteiger partial charge in [-0.2, -0.15) is 0 Å². The van der Waals surface area contributed by atoms with Crippen molar-refractivity contribution in [2.75, 3.05) is 6.61 Å². The molecule has 0 aliphatic carbocycles. The minimum Gasteiger partial charge on any atom is -0.488 e. The number of carbonyl (C=O) groups excluding carboxylic acids is 1. The van der Waals surface area contributed by atoms with Crippen LogP contribution in [0.1, 0.15) is 24.1 Å². The van der Waals surface area contributed by atoms with Gasteiger partial charge in [0.2, 0.25) is 0 Å². The van der Waals surface area contributed by atoms with Crippen LogP contribution in [0.4, 0.5) is 0 Å². The van der Waals surface area contributed by atoms with E-state index in [-0.39, 0.29) is 11.9 Å². The number of hydrogen-bond donors (Lipinski definition) is 0. The minimum atomic E-state index is -0.0908. The Balaban J connectivity index is 1.60. The SMILES string of the molecule is C[C@@H](c1ccccc1)N1C(=O)/C(=C/C2=Cc3ccccc3OC2)SC1=S. The standard InChI is InChI=1S/C21H17NO2S2/c1-14(16-7-3-2-4-8-16)22-20(23)19(26-21(22)25)12-15-11-17-9-5-6-10-18(17)24-13-15/h2-12,14H,13H2,1H3/b19-12-/t14-/m0/s1. The van der Waals surface area contributed by atoms with Crippen LogP contribution >= 0.6 is 24.0 Å². The zero-order valence-electron chi connectivity index (χ0n) is 14.2. The molecule has 1 atom stereocenters. The normalized spacial score (nSPS) is 19.2. The summed E-state index contributed by atoms with van der Waals surface area (Å²) in [6.45, 7) is 2.46. The highest BCUT2D eigenvalue weighted by Gasteiger charge is 2.36. The van der Waals surface area contributed by atoms with Crippen molar-refractivity contribution in [3.63, 3.8) is 0 Å². The number of fused-ring (bicyclic) bond motifs is 1. The van der Waals surface area contributed by atoms with Crippen molar-refractivity contribution in [2.24, 2.45) is 0 Å². The molecule has 0 N–H and O–H groups in total. The fourth-order valence-corrected chi connectivity index (χ4v) is 4.51. The van der Waals surface area contributed by atoms with E-state index in [2.05, 4.69) is 6.08 Å². The molecule has 0 spiro atoms. The Morgan fingerprint density at radius 2 is 1.88 bits per heavy atom. The molecule has 2 aliphatic heterocycles. The van der Waals surface area contributed by atoms with Crippen LogP contribution in [0.15, 0.2) is 71.2 Å². The predicted molar refractivity (Wildman–Crippen MR) is 110 cm³/mol. The molecular weight excluding hydrogens is 362 g/mol. The van der Waals surface area contributed by atoms with E-state index < -0.39 is 0 Å². The summed E-state index contributed by atoms with van der Waals surface area (Å²) in [5, 5.41) is 0. The zero-order valence-corrected chi connectivity index (χ0v) is 15.8. The Hall–Kier alpha value is -2.37. The Kier molecular flexibility index (Phi) is 4.66. The molecule has 1 amide bonds. The molecule has 3 nitrogen and oxygen atoms in total. The van der Waals surface area contributed by atoms with Gasteiger partial charge in [0.05, 0.1) is 10.9 Å². The lowest BCUT2D eigenvalue weighted by Crippen LogP contribution is -2.31. The summed E-state index contributed by atoms with van der Waals surface area (Å²) >= 11 is 6.83. The van der Waals surface area contributed by atoms with Gasteiger partial charge < -0.3 is 4.74 Å². The van der Waals surface area contributed by atoms with Gasteiger partial charge in [-0.15, -0.1) is 0 Å². The fraction of sp³-hybridized carbons (Fsp3) is 0.143. The van der Waals surface area contributed by atoms with Gasteiger partial charge in [0.1, 0.15) is 16.7 Å². The van der Waals surface area contributed by atoms with Crippen molar-refractivity contribution in [1.29, 1.82) is 0 Å². The molecule has 26 heavy (non-hydrogen) atoms. The molecule has 2 aromatic carbocycles. The van der Waals surface area contributed by atoms with Gasteiger partial charge in [0.15, 0.2) is 0 Å². The highest BCUT2D eigenvalue weighted by molar-refractivity contribution is 8.26. The first kappa shape index (κ1) is 17.1. The fourth-order valence-electron chi connectivity index (χ4n) is 3.08. The number of thioether (sulfide) groups is 1. The average molecular weight is 380 g/mol. The molecule has 1 fully saturated rings. The average Bonchev–Trinajstić information content (AvgIpc) is 2.95. The molecule has 5 heteroatoms. The number of ether oxygens (including phenoxy) is 1. The van der Waals surface area contributed by atoms with Gasteiger partial charge >= 0.3 is 0 Å². The molecule has 1 saturated heterocycles. The third kappa shape index (κ3) is 3.20. The van der Waals surface area contributed by atoms with Crippen molar-refractivity contribution in [1.82, 2.24) is 4.90 Å². The van der Waals surface area contributed by atoms with Crippen LogP contribution in [0.2, 0.25) is 0 Å². The van der Waals surface area contributed by atoms with E-state index in [9.17, 15) is 4.79 Å². The van der Waals surface area contributed by atoms with Crippen LogP contribution in [0.5, 0.6) is 5.75 Å². The lowest BCUT2D eigenvalue weighted by molar-refractivity contribution is -0.123. The third-order valence-electron chi connectivity index (χ3n) is 4.46. The molecular formula is C21H17NO2S2. The maximum atomic E-state index is 12.9. The number of hydrogen-bond acceptors (Lipinski definition) is 4. The first-order chi connectivity index (χ1) is 12.6. The summed E-state index contributed by atoms with van der Waals surface area (Å²) in [5.74, 6) is 0.825. The Labute approximate surface area is 162 Å². The second-order valence-corrected chi connectivity index (χ2v) is 7.86. The number of benzene rings is 2. The van der Waals surface area contributed by atoms with Crippen molar-refractivity contribution < 1.29 is 9.53 Å². The minimum absolute atomic E-state index is 0.0453. The molecule has 2 heterocycles. The number of amides is 1. The van der Waals surface area contributed by atoms with E-state index >= 15 is 0 Å². The van der Waals surface area contributed by atoms with E-state index in [0.717, 1.165) is 22.4 Å². The second-order valence-electron chi connectivity index (χ2n) is 6.18. The quantitative estimate of drug-likeness (QED) is 0.556. The molecule has 2 aliphatic rings. The highest BCUT2D eigenvalue weighted by Crippen LogP contribution is 2.38. The number of thiocarbonyl (C=S) groups is 1. The molecule has 4 rings (SSSR count). The summed E-state index contributed by atoms with van der Waals surface area (Å²) < 4.78 is 6.37. The number of para-hydroxylation sites is 1. The van der Waals surface area contributed by atoms with Crippen LogP contribution in [0.3, 0.4) is 0 Å². The number of carbonyl (C=O) groups is 1. The van der Waals surface area contributed by atoms with Crippen molar-refractivity contribution in [3.8, 4) is 5.75 Å². The van der Waals surface area contributed by atoms with E-state index in [0.29, 0.717) is 15.8 Å². The third-order valence-corrected chi connectivity index (χ3v) is 5.79. The maximum Gasteiger partial charge on any atom is 0.266 e.